The fourth-order valence-corrected chi connectivity index (χ4v) is 12.0. The Morgan fingerprint density at radius 1 is 0.544 bits per heavy atom. The molecule has 5 rings (SSSR count). The first-order chi connectivity index (χ1) is 52.4. The first-order valence-corrected chi connectivity index (χ1v) is 42.3. The number of methoxy groups -OCH3 is 3. The summed E-state index contributed by atoms with van der Waals surface area (Å²) in [7, 11) is 1.01. The average Bonchev–Trinajstić information content (AvgIpc) is 1.65. The van der Waals surface area contributed by atoms with Gasteiger partial charge in [-0.1, -0.05) is 163 Å². The SMILES string of the molecule is CCCC[C@@H](CO)NC(=O)OC(C)(C)C.CCCC[C@@H](Cc1cccc(OC)c1)NC(=O)OC(C)(C)C.CCCC[C@H](N)C(=O)O.CCCC[C@H](N)CO.CCCC[C@H](N)Cc1cccc(OC)c1.CCCC[C@H]1COS(=O)(=O)N1C(=O)OC(C)(C)C.CCCC[C@H]1COS(=O)N1C(=O)OC(C)(C)C.COc1c[c-]ccc1.[Br-].[Mg+2]. The van der Waals surface area contributed by atoms with E-state index in [1.54, 1.807) is 68.9 Å². The summed E-state index contributed by atoms with van der Waals surface area (Å²) in [5, 5.41) is 31.4. The van der Waals surface area contributed by atoms with Crippen LogP contribution in [-0.2, 0) is 66.5 Å². The molecule has 2 saturated heterocycles. The molecule has 2 aliphatic heterocycles. The monoisotopic (exact) mass is 1730 g/mol. The smallest absolute Gasteiger partial charge is 1.00 e. The van der Waals surface area contributed by atoms with Gasteiger partial charge in [0.15, 0.2) is 0 Å². The maximum Gasteiger partial charge on any atom is 2.00 e. The van der Waals surface area contributed by atoms with Gasteiger partial charge in [-0.05, 0) is 176 Å². The molecule has 0 aromatic heterocycles. The molecule has 31 heteroatoms. The van der Waals surface area contributed by atoms with Crippen LogP contribution in [0.25, 0.3) is 0 Å². The Kier molecular flexibility index (Phi) is 68.4. The Morgan fingerprint density at radius 3 is 1.35 bits per heavy atom. The van der Waals surface area contributed by atoms with E-state index in [1.807, 2.05) is 104 Å². The van der Waals surface area contributed by atoms with Crippen molar-refractivity contribution in [3.8, 4) is 17.2 Å². The van der Waals surface area contributed by atoms with Gasteiger partial charge >= 0.3 is 63.7 Å². The number of aliphatic carboxylic acids is 1. The molecule has 1 unspecified atom stereocenters. The number of nitrogens with one attached hydrogen (secondary N) is 2. The van der Waals surface area contributed by atoms with Gasteiger partial charge < -0.3 is 93.3 Å². The zero-order chi connectivity index (χ0) is 86.1. The van der Waals surface area contributed by atoms with E-state index in [2.05, 4.69) is 69.5 Å². The molecule has 658 valence electrons. The second kappa shape index (κ2) is 66.6. The molecular formula is C83H150BrMgN7O20S2. The minimum atomic E-state index is -3.98. The number of halogens is 1. The molecule has 11 N–H and O–H groups in total. The Hall–Kier alpha value is -5.32. The molecule has 0 radical (unpaired) electrons. The van der Waals surface area contributed by atoms with Crippen molar-refractivity contribution in [2.24, 2.45) is 17.2 Å². The van der Waals surface area contributed by atoms with Crippen molar-refractivity contribution in [3.63, 3.8) is 0 Å². The van der Waals surface area contributed by atoms with Gasteiger partial charge in [-0.2, -0.15) is 35.2 Å². The molecule has 2 fully saturated rings. The zero-order valence-corrected chi connectivity index (χ0v) is 78.0. The number of rotatable bonds is 33. The third kappa shape index (κ3) is 62.8. The van der Waals surface area contributed by atoms with Crippen LogP contribution in [0.2, 0.25) is 0 Å². The van der Waals surface area contributed by atoms with Crippen LogP contribution in [0.15, 0.2) is 72.8 Å². The van der Waals surface area contributed by atoms with Crippen molar-refractivity contribution < 1.29 is 110 Å². The number of aliphatic hydroxyl groups is 2. The molecule has 8 atom stereocenters. The molecule has 114 heavy (non-hydrogen) atoms. The van der Waals surface area contributed by atoms with Crippen molar-refractivity contribution in [2.75, 3.05) is 47.8 Å². The number of benzene rings is 3. The second-order valence-corrected chi connectivity index (χ2v) is 33.7. The fraction of sp³-hybridized carbons (Fsp3) is 0.723. The quantitative estimate of drug-likeness (QED) is 0.0159. The number of carbonyl (C=O) groups is 5. The molecule has 0 bridgehead atoms. The molecule has 0 spiro atoms. The summed E-state index contributed by atoms with van der Waals surface area (Å²) >= 11 is -1.70. The van der Waals surface area contributed by atoms with Crippen LogP contribution in [-0.4, -0.2) is 202 Å². The normalized spacial score (nSPS) is 15.8. The summed E-state index contributed by atoms with van der Waals surface area (Å²) in [5.41, 5.74) is 16.8. The van der Waals surface area contributed by atoms with Gasteiger partial charge in [0.05, 0.1) is 65.9 Å². The van der Waals surface area contributed by atoms with Crippen LogP contribution in [0.1, 0.15) is 278 Å². The first-order valence-electron chi connectivity index (χ1n) is 39.9. The largest absolute Gasteiger partial charge is 2.00 e. The Balaban J connectivity index is -0.000000404. The van der Waals surface area contributed by atoms with Crippen LogP contribution < -0.4 is 59.0 Å². The summed E-state index contributed by atoms with van der Waals surface area (Å²) in [6, 6.07) is 25.3. The van der Waals surface area contributed by atoms with Crippen LogP contribution in [0.5, 0.6) is 17.2 Å². The van der Waals surface area contributed by atoms with E-state index in [-0.39, 0.29) is 96.2 Å². The fourth-order valence-electron chi connectivity index (χ4n) is 9.85. The maximum absolute atomic E-state index is 12.0. The number of carboxylic acids is 1. The van der Waals surface area contributed by atoms with Crippen LogP contribution in [0, 0.1) is 6.07 Å². The standard InChI is InChI=1S/C18H29NO3.C13H21NO.C11H21NO5S.C11H21NO4S.C11H23NO3.C7H7O.C6H13NO2.C6H15NO.BrH.Mg/c1-6-7-10-15(19-17(20)22-18(2,3)4)12-14-9-8-11-16(13-14)21-5;1-3-4-7-12(14)9-11-6-5-8-13(10-11)15-2;1-5-6-7-9-8-16-18(14,15)12(9)10(13)17-11(2,3)4;1-5-6-7-9-8-15-17(14)12(9)10(13)16-11(2,3)4;1-5-6-7-9(8-13)12-10(14)15-11(2,3)4;1-8-7-5-3-2-4-6-7;1-2-3-4-5(7)6(8)9;1-2-3-4-6(7)5-8;;/h8-9,11,13,15H,6-7,10,12H2,1-5H3,(H,19,20);5-6,8,10,12H,3-4,7,9,14H2,1-2H3;9H,5-8H2,1-4H3;9H,5-8H2,1-4H3;9,13H,5-8H2,1-4H3,(H,12,14);2-3,5-6H,1H3;5H,2-4,7H2,1H3,(H,8,9);6,8H,2-5,7H2,1H3;1H;/q;;;;;-1;;;;+2/p-1/t15-;12-;9-;9-,17?;9-;;5-;6-;;/m00000.00../s1. The molecule has 2 heterocycles. The Bertz CT molecular complexity index is 3090. The van der Waals surface area contributed by atoms with E-state index in [1.165, 1.54) is 22.7 Å². The summed E-state index contributed by atoms with van der Waals surface area (Å²) in [6.45, 7) is 36.5. The third-order valence-electron chi connectivity index (χ3n) is 15.7. The van der Waals surface area contributed by atoms with Crippen LogP contribution in [0.3, 0.4) is 0 Å². The van der Waals surface area contributed by atoms with Crippen molar-refractivity contribution in [2.45, 2.75) is 344 Å². The molecule has 4 amide bonds. The number of amides is 4. The van der Waals surface area contributed by atoms with Crippen LogP contribution >= 0.6 is 0 Å². The predicted molar refractivity (Wildman–Crippen MR) is 452 cm³/mol. The van der Waals surface area contributed by atoms with Crippen molar-refractivity contribution in [1.82, 2.24) is 19.2 Å². The molecule has 0 aliphatic carbocycles. The van der Waals surface area contributed by atoms with E-state index in [0.29, 0.717) is 19.4 Å². The van der Waals surface area contributed by atoms with E-state index >= 15 is 0 Å². The minimum Gasteiger partial charge on any atom is -1.00 e. The molecule has 27 nitrogen and oxygen atoms in total. The molecular weight excluding hydrogens is 1580 g/mol. The number of hydrogen-bond donors (Lipinski definition) is 8. The number of alkyl carbamates (subject to hydrolysis) is 2. The van der Waals surface area contributed by atoms with Crippen LogP contribution in [0.4, 0.5) is 19.2 Å². The number of ether oxygens (including phenoxy) is 7. The summed E-state index contributed by atoms with van der Waals surface area (Å²) < 4.78 is 82.6. The topological polar surface area (TPSA) is 389 Å². The van der Waals surface area contributed by atoms with E-state index < -0.39 is 80.3 Å². The number of unbranched alkanes of at least 4 members (excludes halogenated alkanes) is 7. The third-order valence-corrected chi connectivity index (χ3v) is 18.1. The van der Waals surface area contributed by atoms with Gasteiger partial charge in [-0.25, -0.2) is 23.4 Å². The molecule has 3 aromatic carbocycles. The zero-order valence-electron chi connectivity index (χ0n) is 73.4. The van der Waals surface area contributed by atoms with E-state index in [0.717, 1.165) is 149 Å². The number of nitrogens with two attached hydrogens (primary N) is 3. The Labute approximate surface area is 716 Å². The average molecular weight is 1730 g/mol. The first kappa shape index (κ1) is 117. The number of nitrogens with zero attached hydrogens (tertiary/aromatic N) is 2. The Morgan fingerprint density at radius 2 is 0.947 bits per heavy atom. The summed E-state index contributed by atoms with van der Waals surface area (Å²) in [6.07, 6.45) is 19.8. The maximum atomic E-state index is 12.0. The van der Waals surface area contributed by atoms with Crippen molar-refractivity contribution in [3.05, 3.63) is 90.0 Å². The van der Waals surface area contributed by atoms with Crippen molar-refractivity contribution >= 4 is 75.0 Å². The van der Waals surface area contributed by atoms with Gasteiger partial charge in [-0.15, -0.1) is 12.1 Å². The van der Waals surface area contributed by atoms with Gasteiger partial charge in [0.25, 0.3) is 11.3 Å². The number of carbonyl (C=O) groups excluding carboxylic acids is 4. The second-order valence-electron chi connectivity index (χ2n) is 31.2. The van der Waals surface area contributed by atoms with Gasteiger partial charge in [0.1, 0.15) is 39.9 Å². The minimum absolute atomic E-state index is 0. The summed E-state index contributed by atoms with van der Waals surface area (Å²) in [5.74, 6) is 1.70. The number of aliphatic hydroxyl groups excluding tert-OH is 2. The number of hydrogen-bond acceptors (Lipinski definition) is 22. The number of carboxylic acid groups (broad SMARTS) is 1. The van der Waals surface area contributed by atoms with Gasteiger partial charge in [0.2, 0.25) is 0 Å². The van der Waals surface area contributed by atoms with Gasteiger partial charge in [0, 0.05) is 23.9 Å². The summed E-state index contributed by atoms with van der Waals surface area (Å²) in [4.78, 5) is 57.2. The molecule has 3 aromatic rings. The van der Waals surface area contributed by atoms with Crippen molar-refractivity contribution in [1.29, 1.82) is 0 Å². The van der Waals surface area contributed by atoms with E-state index in [4.69, 9.17) is 74.0 Å². The predicted octanol–water partition coefficient (Wildman–Crippen LogP) is 12.8. The van der Waals surface area contributed by atoms with Gasteiger partial charge in [-0.3, -0.25) is 13.2 Å². The molecule has 2 aliphatic rings. The van der Waals surface area contributed by atoms with E-state index in [9.17, 15) is 36.6 Å². The molecule has 0 saturated carbocycles.